The van der Waals surface area contributed by atoms with Crippen LogP contribution >= 0.6 is 0 Å². The maximum Gasteiger partial charge on any atom is 0.416 e. The van der Waals surface area contributed by atoms with Crippen molar-refractivity contribution in [3.8, 4) is 0 Å². The predicted molar refractivity (Wildman–Crippen MR) is 45.2 cm³/mol. The third-order valence-corrected chi connectivity index (χ3v) is 1.79. The van der Waals surface area contributed by atoms with Crippen LogP contribution in [0.3, 0.4) is 0 Å². The first-order chi connectivity index (χ1) is 6.73. The van der Waals surface area contributed by atoms with Gasteiger partial charge in [0.05, 0.1) is 11.1 Å². The molecule has 0 unspecified atom stereocenters. The second-order valence-electron chi connectivity index (χ2n) is 2.87. The lowest BCUT2D eigenvalue weighted by Crippen LogP contribution is -2.09. The van der Waals surface area contributed by atoms with Gasteiger partial charge in [-0.2, -0.15) is 13.2 Å². The highest BCUT2D eigenvalue weighted by atomic mass is 19.4. The van der Waals surface area contributed by atoms with Crippen LogP contribution in [0.2, 0.25) is 0 Å². The molecule has 0 atom stereocenters. The Labute approximate surface area is 81.7 Å². The van der Waals surface area contributed by atoms with Crippen molar-refractivity contribution >= 4 is 11.4 Å². The van der Waals surface area contributed by atoms with E-state index in [1.54, 1.807) is 0 Å². The zero-order valence-electron chi connectivity index (χ0n) is 7.28. The molecule has 1 aromatic carbocycles. The lowest BCUT2D eigenvalue weighted by atomic mass is 10.1. The Balaban J connectivity index is 3.32. The van der Waals surface area contributed by atoms with Crippen LogP contribution in [0.5, 0.6) is 0 Å². The summed E-state index contributed by atoms with van der Waals surface area (Å²) in [5.74, 6) is 0. The van der Waals surface area contributed by atoms with Crippen molar-refractivity contribution in [1.29, 1.82) is 0 Å². The molecule has 0 amide bonds. The highest BCUT2D eigenvalue weighted by Crippen LogP contribution is 2.37. The van der Waals surface area contributed by atoms with Crippen molar-refractivity contribution in [2.45, 2.75) is 12.6 Å². The van der Waals surface area contributed by atoms with E-state index >= 15 is 0 Å². The van der Waals surface area contributed by atoms with Crippen molar-refractivity contribution < 1.29 is 22.0 Å². The zero-order chi connectivity index (χ0) is 11.8. The van der Waals surface area contributed by atoms with E-state index in [-0.39, 0.29) is 0 Å². The topological polar surface area (TPSA) is 52.0 Å². The first kappa shape index (κ1) is 11.5. The standard InChI is InChI=1S/C8H7F5N2/c9-7(10)6-4(14)1-3(2-5(6)15)8(11,12)13/h1-2,7H,14-15H2. The molecule has 0 bridgehead atoms. The number of benzene rings is 1. The number of anilines is 2. The summed E-state index contributed by atoms with van der Waals surface area (Å²) >= 11 is 0. The average molecular weight is 226 g/mol. The van der Waals surface area contributed by atoms with Gasteiger partial charge < -0.3 is 11.5 Å². The summed E-state index contributed by atoms with van der Waals surface area (Å²) < 4.78 is 61.1. The molecule has 0 aliphatic carbocycles. The minimum atomic E-state index is -4.65. The molecule has 0 saturated heterocycles. The van der Waals surface area contributed by atoms with Gasteiger partial charge in [0.15, 0.2) is 0 Å². The first-order valence-electron chi connectivity index (χ1n) is 3.77. The first-order valence-corrected chi connectivity index (χ1v) is 3.77. The number of rotatable bonds is 1. The molecule has 0 saturated carbocycles. The number of hydrogen-bond donors (Lipinski definition) is 2. The number of nitrogen functional groups attached to an aromatic ring is 2. The molecular formula is C8H7F5N2. The van der Waals surface area contributed by atoms with Gasteiger partial charge in [0.25, 0.3) is 6.43 Å². The van der Waals surface area contributed by atoms with Crippen LogP contribution in [-0.4, -0.2) is 0 Å². The summed E-state index contributed by atoms with van der Waals surface area (Å²) in [5, 5.41) is 0. The summed E-state index contributed by atoms with van der Waals surface area (Å²) in [5.41, 5.74) is 6.91. The van der Waals surface area contributed by atoms with E-state index in [1.165, 1.54) is 0 Å². The Morgan fingerprint density at radius 2 is 1.40 bits per heavy atom. The van der Waals surface area contributed by atoms with Gasteiger partial charge in [-0.15, -0.1) is 0 Å². The number of hydrogen-bond acceptors (Lipinski definition) is 2. The fourth-order valence-electron chi connectivity index (χ4n) is 1.11. The molecule has 84 valence electrons. The van der Waals surface area contributed by atoms with Gasteiger partial charge in [-0.1, -0.05) is 0 Å². The third kappa shape index (κ3) is 2.28. The molecule has 7 heteroatoms. The number of halogens is 5. The Hall–Kier alpha value is -1.53. The summed E-state index contributed by atoms with van der Waals surface area (Å²) in [4.78, 5) is 0. The normalized spacial score (nSPS) is 12.1. The van der Waals surface area contributed by atoms with E-state index in [2.05, 4.69) is 0 Å². The van der Waals surface area contributed by atoms with Crippen molar-refractivity contribution in [2.24, 2.45) is 0 Å². The summed E-state index contributed by atoms with van der Waals surface area (Å²) in [6.45, 7) is 0. The zero-order valence-corrected chi connectivity index (χ0v) is 7.28. The second-order valence-corrected chi connectivity index (χ2v) is 2.87. The number of alkyl halides is 5. The van der Waals surface area contributed by atoms with Crippen LogP contribution in [-0.2, 0) is 6.18 Å². The summed E-state index contributed by atoms with van der Waals surface area (Å²) in [6, 6.07) is 0.885. The van der Waals surface area contributed by atoms with Gasteiger partial charge in [-0.05, 0) is 12.1 Å². The predicted octanol–water partition coefficient (Wildman–Crippen LogP) is 2.81. The monoisotopic (exact) mass is 226 g/mol. The molecular weight excluding hydrogens is 219 g/mol. The van der Waals surface area contributed by atoms with Crippen LogP contribution in [0, 0.1) is 0 Å². The Morgan fingerprint density at radius 1 is 1.00 bits per heavy atom. The molecule has 0 fully saturated rings. The van der Waals surface area contributed by atoms with Crippen molar-refractivity contribution in [1.82, 2.24) is 0 Å². The van der Waals surface area contributed by atoms with Crippen molar-refractivity contribution in [3.05, 3.63) is 23.3 Å². The van der Waals surface area contributed by atoms with E-state index in [4.69, 9.17) is 11.5 Å². The van der Waals surface area contributed by atoms with Crippen LogP contribution in [0.1, 0.15) is 17.6 Å². The number of nitrogens with two attached hydrogens (primary N) is 2. The Bertz CT molecular complexity index is 349. The van der Waals surface area contributed by atoms with E-state index < -0.39 is 35.1 Å². The van der Waals surface area contributed by atoms with Gasteiger partial charge in [0, 0.05) is 11.4 Å². The SMILES string of the molecule is Nc1cc(C(F)(F)F)cc(N)c1C(F)F. The van der Waals surface area contributed by atoms with Gasteiger partial charge in [-0.3, -0.25) is 0 Å². The molecule has 0 spiro atoms. The van der Waals surface area contributed by atoms with E-state index in [0.29, 0.717) is 12.1 Å². The molecule has 4 N–H and O–H groups in total. The van der Waals surface area contributed by atoms with Crippen molar-refractivity contribution in [3.63, 3.8) is 0 Å². The lowest BCUT2D eigenvalue weighted by Gasteiger charge is -2.13. The van der Waals surface area contributed by atoms with Crippen LogP contribution in [0.25, 0.3) is 0 Å². The largest absolute Gasteiger partial charge is 0.416 e. The maximum absolute atomic E-state index is 12.3. The Kier molecular flexibility index (Phi) is 2.74. The molecule has 0 radical (unpaired) electrons. The van der Waals surface area contributed by atoms with Gasteiger partial charge in [0.1, 0.15) is 0 Å². The van der Waals surface area contributed by atoms with E-state index in [9.17, 15) is 22.0 Å². The van der Waals surface area contributed by atoms with Gasteiger partial charge >= 0.3 is 6.18 Å². The van der Waals surface area contributed by atoms with Gasteiger partial charge in [-0.25, -0.2) is 8.78 Å². The molecule has 1 aromatic rings. The van der Waals surface area contributed by atoms with Gasteiger partial charge in [0.2, 0.25) is 0 Å². The van der Waals surface area contributed by atoms with Crippen LogP contribution in [0.4, 0.5) is 33.3 Å². The molecule has 15 heavy (non-hydrogen) atoms. The quantitative estimate of drug-likeness (QED) is 0.571. The smallest absolute Gasteiger partial charge is 0.398 e. The highest BCUT2D eigenvalue weighted by Gasteiger charge is 2.32. The van der Waals surface area contributed by atoms with Crippen LogP contribution < -0.4 is 11.5 Å². The molecule has 2 nitrogen and oxygen atoms in total. The third-order valence-electron chi connectivity index (χ3n) is 1.79. The van der Waals surface area contributed by atoms with E-state index in [1.807, 2.05) is 0 Å². The molecule has 0 heterocycles. The molecule has 0 aliphatic heterocycles. The van der Waals surface area contributed by atoms with E-state index in [0.717, 1.165) is 0 Å². The summed E-state index contributed by atoms with van der Waals surface area (Å²) in [6.07, 6.45) is -7.64. The van der Waals surface area contributed by atoms with Crippen LogP contribution in [0.15, 0.2) is 12.1 Å². The lowest BCUT2D eigenvalue weighted by molar-refractivity contribution is -0.137. The summed E-state index contributed by atoms with van der Waals surface area (Å²) in [7, 11) is 0. The fourth-order valence-corrected chi connectivity index (χ4v) is 1.11. The maximum atomic E-state index is 12.3. The second kappa shape index (κ2) is 3.56. The van der Waals surface area contributed by atoms with Crippen molar-refractivity contribution in [2.75, 3.05) is 11.5 Å². The molecule has 0 aromatic heterocycles. The minimum absolute atomic E-state index is 0.442. The molecule has 1 rings (SSSR count). The minimum Gasteiger partial charge on any atom is -0.398 e. The highest BCUT2D eigenvalue weighted by molar-refractivity contribution is 5.64. The average Bonchev–Trinajstić information content (AvgIpc) is 1.99. The molecule has 0 aliphatic rings. The Morgan fingerprint density at radius 3 is 1.67 bits per heavy atom. The fraction of sp³-hybridized carbons (Fsp3) is 0.250.